The maximum atomic E-state index is 12.6. The Morgan fingerprint density at radius 2 is 1.93 bits per heavy atom. The third kappa shape index (κ3) is 4.63. The number of aryl methyl sites for hydroxylation is 1. The van der Waals surface area contributed by atoms with Crippen LogP contribution < -0.4 is 5.32 Å². The largest absolute Gasteiger partial charge is 0.392 e. The molecule has 0 bridgehead atoms. The minimum absolute atomic E-state index is 0.171. The number of para-hydroxylation sites is 1. The van der Waals surface area contributed by atoms with Crippen molar-refractivity contribution in [3.8, 4) is 0 Å². The lowest BCUT2D eigenvalue weighted by Gasteiger charge is -2.15. The predicted octanol–water partition coefficient (Wildman–Crippen LogP) is 3.33. The maximum Gasteiger partial charge on any atom is 0.266 e. The van der Waals surface area contributed by atoms with Crippen molar-refractivity contribution in [1.29, 1.82) is 0 Å². The summed E-state index contributed by atoms with van der Waals surface area (Å²) in [6, 6.07) is 14.8. The Morgan fingerprint density at radius 3 is 2.63 bits per heavy atom. The van der Waals surface area contributed by atoms with Crippen LogP contribution in [-0.2, 0) is 16.2 Å². The van der Waals surface area contributed by atoms with Crippen molar-refractivity contribution in [1.82, 2.24) is 4.90 Å². The Bertz CT molecular complexity index is 923. The quantitative estimate of drug-likeness (QED) is 0.597. The summed E-state index contributed by atoms with van der Waals surface area (Å²) in [6.07, 6.45) is 1.78. The second kappa shape index (κ2) is 8.47. The summed E-state index contributed by atoms with van der Waals surface area (Å²) < 4.78 is 0.351. The molecule has 1 fully saturated rings. The summed E-state index contributed by atoms with van der Waals surface area (Å²) >= 11 is 6.46. The fourth-order valence-electron chi connectivity index (χ4n) is 2.56. The molecule has 2 amide bonds. The lowest BCUT2D eigenvalue weighted by molar-refractivity contribution is -0.126. The van der Waals surface area contributed by atoms with E-state index >= 15 is 0 Å². The summed E-state index contributed by atoms with van der Waals surface area (Å²) in [6.45, 7) is 1.64. The molecule has 1 saturated heterocycles. The molecule has 2 aromatic carbocycles. The van der Waals surface area contributed by atoms with Crippen LogP contribution in [-0.4, -0.2) is 32.7 Å². The van der Waals surface area contributed by atoms with Crippen molar-refractivity contribution in [2.24, 2.45) is 0 Å². The number of hydrogen-bond acceptors (Lipinski definition) is 5. The van der Waals surface area contributed by atoms with Crippen LogP contribution in [0.25, 0.3) is 6.08 Å². The van der Waals surface area contributed by atoms with E-state index in [4.69, 9.17) is 12.2 Å². The Balaban J connectivity index is 1.70. The van der Waals surface area contributed by atoms with Crippen molar-refractivity contribution in [2.75, 3.05) is 11.9 Å². The summed E-state index contributed by atoms with van der Waals surface area (Å²) in [5, 5.41) is 12.1. The number of nitrogens with zero attached hydrogens (tertiary/aromatic N) is 1. The van der Waals surface area contributed by atoms with E-state index in [1.165, 1.54) is 16.7 Å². The van der Waals surface area contributed by atoms with Gasteiger partial charge in [-0.1, -0.05) is 72.0 Å². The molecule has 138 valence electrons. The molecule has 0 radical (unpaired) electrons. The molecule has 3 rings (SSSR count). The molecular formula is C20H18N2O3S2. The van der Waals surface area contributed by atoms with E-state index in [1.54, 1.807) is 30.3 Å². The van der Waals surface area contributed by atoms with Crippen LogP contribution in [0.3, 0.4) is 0 Å². The number of aliphatic hydroxyl groups excluding tert-OH is 1. The third-order valence-electron chi connectivity index (χ3n) is 4.01. The van der Waals surface area contributed by atoms with Gasteiger partial charge in [-0.15, -0.1) is 0 Å². The highest BCUT2D eigenvalue weighted by Crippen LogP contribution is 2.32. The van der Waals surface area contributed by atoms with Crippen molar-refractivity contribution < 1.29 is 14.7 Å². The number of anilines is 1. The summed E-state index contributed by atoms with van der Waals surface area (Å²) in [7, 11) is 0. The van der Waals surface area contributed by atoms with Crippen LogP contribution in [0.2, 0.25) is 0 Å². The van der Waals surface area contributed by atoms with Gasteiger partial charge in [0.05, 0.1) is 11.5 Å². The lowest BCUT2D eigenvalue weighted by Crippen LogP contribution is -2.36. The minimum Gasteiger partial charge on any atom is -0.392 e. The van der Waals surface area contributed by atoms with E-state index in [1.807, 2.05) is 31.2 Å². The monoisotopic (exact) mass is 398 g/mol. The first-order chi connectivity index (χ1) is 13.0. The van der Waals surface area contributed by atoms with Crippen LogP contribution in [0.1, 0.15) is 16.7 Å². The molecule has 0 aliphatic carbocycles. The van der Waals surface area contributed by atoms with E-state index in [0.29, 0.717) is 20.5 Å². The topological polar surface area (TPSA) is 69.6 Å². The van der Waals surface area contributed by atoms with Gasteiger partial charge in [0.2, 0.25) is 5.91 Å². The number of hydrogen-bond donors (Lipinski definition) is 2. The number of nitrogens with one attached hydrogen (secondary N) is 1. The maximum absolute atomic E-state index is 12.6. The van der Waals surface area contributed by atoms with Gasteiger partial charge in [0.1, 0.15) is 10.9 Å². The van der Waals surface area contributed by atoms with Gasteiger partial charge in [0.25, 0.3) is 5.91 Å². The Labute approximate surface area is 167 Å². The second-order valence-corrected chi connectivity index (χ2v) is 7.72. The van der Waals surface area contributed by atoms with Crippen LogP contribution in [0.5, 0.6) is 0 Å². The lowest BCUT2D eigenvalue weighted by atomic mass is 10.1. The molecule has 0 atom stereocenters. The molecule has 7 heteroatoms. The predicted molar refractivity (Wildman–Crippen MR) is 112 cm³/mol. The van der Waals surface area contributed by atoms with Crippen molar-refractivity contribution in [3.63, 3.8) is 0 Å². The number of aliphatic hydroxyl groups is 1. The first kappa shape index (κ1) is 19.3. The highest BCUT2D eigenvalue weighted by molar-refractivity contribution is 8.26. The van der Waals surface area contributed by atoms with Crippen LogP contribution >= 0.6 is 24.0 Å². The summed E-state index contributed by atoms with van der Waals surface area (Å²) in [5.41, 5.74) is 3.17. The molecule has 0 saturated carbocycles. The standard InChI is InChI=1S/C20H18N2O3S2/c1-13-6-8-14(9-7-13)10-17-19(25)22(20(26)27-17)11-18(24)21-16-5-3-2-4-15(16)12-23/h2-10,23H,11-12H2,1H3,(H,21,24). The van der Waals surface area contributed by atoms with E-state index in [9.17, 15) is 14.7 Å². The first-order valence-electron chi connectivity index (χ1n) is 8.28. The highest BCUT2D eigenvalue weighted by Gasteiger charge is 2.33. The fraction of sp³-hybridized carbons (Fsp3) is 0.150. The number of thioether (sulfide) groups is 1. The van der Waals surface area contributed by atoms with Crippen LogP contribution in [0.15, 0.2) is 53.4 Å². The Morgan fingerprint density at radius 1 is 1.22 bits per heavy atom. The zero-order valence-electron chi connectivity index (χ0n) is 14.6. The van der Waals surface area contributed by atoms with Crippen molar-refractivity contribution in [2.45, 2.75) is 13.5 Å². The number of thiocarbonyl (C=S) groups is 1. The Hall–Kier alpha value is -2.48. The smallest absolute Gasteiger partial charge is 0.266 e. The molecule has 0 spiro atoms. The summed E-state index contributed by atoms with van der Waals surface area (Å²) in [4.78, 5) is 26.8. The average Bonchev–Trinajstić information content (AvgIpc) is 2.91. The normalized spacial score (nSPS) is 15.5. The number of benzene rings is 2. The number of amides is 2. The zero-order chi connectivity index (χ0) is 19.4. The van der Waals surface area contributed by atoms with E-state index in [-0.39, 0.29) is 25.0 Å². The van der Waals surface area contributed by atoms with Gasteiger partial charge in [-0.25, -0.2) is 0 Å². The molecule has 5 nitrogen and oxygen atoms in total. The third-order valence-corrected chi connectivity index (χ3v) is 5.39. The molecule has 0 aromatic heterocycles. The van der Waals surface area contributed by atoms with Gasteiger partial charge in [0.15, 0.2) is 0 Å². The van der Waals surface area contributed by atoms with Crippen molar-refractivity contribution >= 4 is 51.9 Å². The molecular weight excluding hydrogens is 380 g/mol. The molecule has 0 unspecified atom stereocenters. The molecule has 2 aromatic rings. The van der Waals surface area contributed by atoms with E-state index in [2.05, 4.69) is 5.32 Å². The SMILES string of the molecule is Cc1ccc(C=C2SC(=S)N(CC(=O)Nc3ccccc3CO)C2=O)cc1. The minimum atomic E-state index is -0.371. The molecule has 27 heavy (non-hydrogen) atoms. The molecule has 1 heterocycles. The molecule has 1 aliphatic heterocycles. The van der Waals surface area contributed by atoms with Crippen LogP contribution in [0, 0.1) is 6.92 Å². The number of carbonyl (C=O) groups excluding carboxylic acids is 2. The van der Waals surface area contributed by atoms with Gasteiger partial charge in [0, 0.05) is 11.3 Å². The highest BCUT2D eigenvalue weighted by atomic mass is 32.2. The molecule has 1 aliphatic rings. The Kier molecular flexibility index (Phi) is 6.05. The van der Waals surface area contributed by atoms with E-state index < -0.39 is 0 Å². The van der Waals surface area contributed by atoms with Crippen LogP contribution in [0.4, 0.5) is 5.69 Å². The van der Waals surface area contributed by atoms with Gasteiger partial charge >= 0.3 is 0 Å². The summed E-state index contributed by atoms with van der Waals surface area (Å²) in [5.74, 6) is -0.653. The van der Waals surface area contributed by atoms with Gasteiger partial charge in [-0.3, -0.25) is 14.5 Å². The number of rotatable bonds is 5. The first-order valence-corrected chi connectivity index (χ1v) is 9.51. The second-order valence-electron chi connectivity index (χ2n) is 6.04. The van der Waals surface area contributed by atoms with Gasteiger partial charge in [-0.2, -0.15) is 0 Å². The fourth-order valence-corrected chi connectivity index (χ4v) is 3.82. The molecule has 2 N–H and O–H groups in total. The van der Waals surface area contributed by atoms with Crippen molar-refractivity contribution in [3.05, 3.63) is 70.1 Å². The van der Waals surface area contributed by atoms with Gasteiger partial charge in [-0.05, 0) is 24.6 Å². The van der Waals surface area contributed by atoms with E-state index in [0.717, 1.165) is 11.1 Å². The number of carbonyl (C=O) groups is 2. The average molecular weight is 399 g/mol. The zero-order valence-corrected chi connectivity index (χ0v) is 16.3. The van der Waals surface area contributed by atoms with Gasteiger partial charge < -0.3 is 10.4 Å².